The number of hydrogen-bond donors (Lipinski definition) is 3. The lowest BCUT2D eigenvalue weighted by molar-refractivity contribution is -0.870. The summed E-state index contributed by atoms with van der Waals surface area (Å²) >= 11 is 0. The number of hydrogen-bond acceptors (Lipinski definition) is 5. The van der Waals surface area contributed by atoms with E-state index >= 15 is 0 Å². The fourth-order valence-corrected chi connectivity index (χ4v) is 9.96. The summed E-state index contributed by atoms with van der Waals surface area (Å²) in [5.41, 5.74) is 0. The molecule has 0 saturated heterocycles. The van der Waals surface area contributed by atoms with Crippen LogP contribution in [0, 0.1) is 0 Å². The Balaban J connectivity index is 4.06. The molecular weight excluding hydrogens is 936 g/mol. The maximum absolute atomic E-state index is 13.0. The number of carbonyl (C=O) groups is 1. The summed E-state index contributed by atoms with van der Waals surface area (Å²) in [6.45, 7) is 4.80. The fraction of sp³-hybridized carbons (Fsp3) is 0.831. The van der Waals surface area contributed by atoms with Gasteiger partial charge in [0.15, 0.2) is 0 Å². The van der Waals surface area contributed by atoms with Crippen molar-refractivity contribution >= 4 is 13.7 Å². The number of phosphoric acid groups is 1. The number of nitrogens with zero attached hydrogens (tertiary/aromatic N) is 1. The van der Waals surface area contributed by atoms with Crippen LogP contribution in [-0.2, 0) is 18.4 Å². The molecule has 3 N–H and O–H groups in total. The summed E-state index contributed by atoms with van der Waals surface area (Å²) in [5, 5.41) is 13.9. The number of aliphatic hydroxyl groups is 1. The molecule has 3 atom stereocenters. The molecule has 3 unspecified atom stereocenters. The van der Waals surface area contributed by atoms with E-state index < -0.39 is 20.0 Å². The Morgan fingerprint density at radius 3 is 1.16 bits per heavy atom. The highest BCUT2D eigenvalue weighted by Crippen LogP contribution is 2.43. The molecule has 0 aliphatic carbocycles. The van der Waals surface area contributed by atoms with Crippen molar-refractivity contribution in [2.45, 2.75) is 309 Å². The van der Waals surface area contributed by atoms with E-state index in [0.717, 1.165) is 51.4 Å². The van der Waals surface area contributed by atoms with E-state index in [2.05, 4.69) is 67.8 Å². The van der Waals surface area contributed by atoms with Gasteiger partial charge in [0.1, 0.15) is 13.2 Å². The second kappa shape index (κ2) is 55.9. The number of amides is 1. The van der Waals surface area contributed by atoms with E-state index in [0.29, 0.717) is 17.4 Å². The number of carbonyl (C=O) groups excluding carboxylic acids is 1. The number of likely N-dealkylation sites (N-methyl/N-ethyl adjacent to an activating group) is 1. The van der Waals surface area contributed by atoms with Gasteiger partial charge in [-0.15, -0.1) is 0 Å². The lowest BCUT2D eigenvalue weighted by atomic mass is 10.0. The van der Waals surface area contributed by atoms with E-state index in [9.17, 15) is 19.4 Å². The Hall–Kier alpha value is -1.80. The van der Waals surface area contributed by atoms with E-state index in [1.54, 1.807) is 6.08 Å². The molecule has 0 aliphatic rings. The normalized spacial score (nSPS) is 14.2. The van der Waals surface area contributed by atoms with Gasteiger partial charge in [0.2, 0.25) is 5.91 Å². The van der Waals surface area contributed by atoms with Crippen LogP contribution in [0.15, 0.2) is 60.8 Å². The van der Waals surface area contributed by atoms with Gasteiger partial charge in [0.05, 0.1) is 39.9 Å². The van der Waals surface area contributed by atoms with Gasteiger partial charge in [-0.25, -0.2) is 4.57 Å². The Kier molecular flexibility index (Phi) is 54.6. The predicted molar refractivity (Wildman–Crippen MR) is 323 cm³/mol. The van der Waals surface area contributed by atoms with Gasteiger partial charge < -0.3 is 19.8 Å². The molecule has 0 saturated carbocycles. The van der Waals surface area contributed by atoms with Crippen LogP contribution >= 0.6 is 7.82 Å². The maximum Gasteiger partial charge on any atom is 0.472 e. The van der Waals surface area contributed by atoms with Crippen LogP contribution in [0.2, 0.25) is 0 Å². The minimum absolute atomic E-state index is 0.0529. The summed E-state index contributed by atoms with van der Waals surface area (Å²) in [5.74, 6) is -0.189. The molecule has 0 aromatic carbocycles. The van der Waals surface area contributed by atoms with Crippen molar-refractivity contribution < 1.29 is 32.9 Å². The average Bonchev–Trinajstić information content (AvgIpc) is 3.36. The maximum atomic E-state index is 13.0. The smallest absolute Gasteiger partial charge is 0.387 e. The molecule has 8 nitrogen and oxygen atoms in total. The molecule has 0 radical (unpaired) electrons. The quantitative estimate of drug-likeness (QED) is 0.0243. The zero-order valence-corrected chi connectivity index (χ0v) is 50.5. The highest BCUT2D eigenvalue weighted by Gasteiger charge is 2.27. The van der Waals surface area contributed by atoms with Crippen molar-refractivity contribution in [3.8, 4) is 0 Å². The predicted octanol–water partition coefficient (Wildman–Crippen LogP) is 19.7. The standard InChI is InChI=1S/C65H123N2O6P/c1-6-8-10-12-14-16-18-20-22-24-25-26-27-28-29-30-31-32-33-34-35-36-37-38-39-40-41-43-45-47-49-51-53-55-57-59-65(69)66-63(62-73-74(70,71)72-61-60-67(3,4)5)64(68)58-56-54-52-50-48-46-44-42-23-21-19-17-15-13-11-9-7-2/h23,27-28,30-31,42,48,50,56,58,63-64,68H,6-22,24-26,29,32-41,43-47,49,51-55,57,59-62H2,1-5H3,(H-,66,69,70,71)/p+1/b28-27-,31-30-,42-23+,50-48+,58-56+. The number of aliphatic hydroxyl groups excluding tert-OH is 1. The summed E-state index contributed by atoms with van der Waals surface area (Å²) < 4.78 is 23.7. The SMILES string of the molecule is CCCCCCCCC/C=C/CC/C=C/CC/C=C/C(O)C(COP(=O)(O)OCC[N+](C)(C)C)NC(=O)CCCCCCCCCCCCCCCCCCC/C=C\C/C=C\CCCCCCCCCCCCC. The third-order valence-electron chi connectivity index (χ3n) is 14.2. The minimum atomic E-state index is -4.36. The second-order valence-electron chi connectivity index (χ2n) is 22.8. The first-order valence-corrected chi connectivity index (χ1v) is 33.2. The van der Waals surface area contributed by atoms with Gasteiger partial charge >= 0.3 is 7.82 Å². The van der Waals surface area contributed by atoms with Crippen molar-refractivity contribution in [1.29, 1.82) is 0 Å². The number of unbranched alkanes of at least 4 members (excludes halogenated alkanes) is 37. The van der Waals surface area contributed by atoms with Gasteiger partial charge in [-0.3, -0.25) is 13.8 Å². The van der Waals surface area contributed by atoms with Crippen molar-refractivity contribution in [2.75, 3.05) is 40.9 Å². The first-order chi connectivity index (χ1) is 36.0. The Morgan fingerprint density at radius 2 is 0.784 bits per heavy atom. The highest BCUT2D eigenvalue weighted by molar-refractivity contribution is 7.47. The number of nitrogens with one attached hydrogen (secondary N) is 1. The molecule has 0 spiro atoms. The highest BCUT2D eigenvalue weighted by atomic mass is 31.2. The molecule has 0 aromatic rings. The van der Waals surface area contributed by atoms with Gasteiger partial charge in [0.25, 0.3) is 0 Å². The number of rotatable bonds is 58. The molecule has 9 heteroatoms. The molecule has 74 heavy (non-hydrogen) atoms. The Labute approximate surface area is 460 Å². The minimum Gasteiger partial charge on any atom is -0.387 e. The molecular formula is C65H124N2O6P+. The van der Waals surface area contributed by atoms with Crippen LogP contribution in [0.1, 0.15) is 296 Å². The van der Waals surface area contributed by atoms with Gasteiger partial charge in [-0.05, 0) is 77.0 Å². The van der Waals surface area contributed by atoms with Gasteiger partial charge in [-0.1, -0.05) is 274 Å². The van der Waals surface area contributed by atoms with Gasteiger partial charge in [-0.2, -0.15) is 0 Å². The first kappa shape index (κ1) is 72.2. The zero-order chi connectivity index (χ0) is 54.2. The second-order valence-corrected chi connectivity index (χ2v) is 24.2. The average molecular weight is 1060 g/mol. The van der Waals surface area contributed by atoms with Crippen molar-refractivity contribution in [1.82, 2.24) is 5.32 Å². The lowest BCUT2D eigenvalue weighted by Gasteiger charge is -2.25. The number of phosphoric ester groups is 1. The monoisotopic (exact) mass is 1060 g/mol. The van der Waals surface area contributed by atoms with Crippen molar-refractivity contribution in [3.05, 3.63) is 60.8 Å². The molecule has 1 amide bonds. The van der Waals surface area contributed by atoms with Crippen LogP contribution < -0.4 is 5.32 Å². The third-order valence-corrected chi connectivity index (χ3v) is 15.2. The number of quaternary nitrogens is 1. The fourth-order valence-electron chi connectivity index (χ4n) is 9.22. The summed E-state index contributed by atoms with van der Waals surface area (Å²) in [4.78, 5) is 23.3. The molecule has 0 heterocycles. The van der Waals surface area contributed by atoms with Crippen molar-refractivity contribution in [2.24, 2.45) is 0 Å². The first-order valence-electron chi connectivity index (χ1n) is 31.7. The van der Waals surface area contributed by atoms with E-state index in [-0.39, 0.29) is 19.1 Å². The van der Waals surface area contributed by atoms with Crippen LogP contribution in [0.5, 0.6) is 0 Å². The molecule has 0 aromatic heterocycles. The van der Waals surface area contributed by atoms with Crippen LogP contribution in [0.4, 0.5) is 0 Å². The Bertz CT molecular complexity index is 1390. The summed E-state index contributed by atoms with van der Waals surface area (Å²) in [7, 11) is 1.55. The van der Waals surface area contributed by atoms with Crippen LogP contribution in [0.3, 0.4) is 0 Å². The van der Waals surface area contributed by atoms with Crippen LogP contribution in [-0.4, -0.2) is 73.4 Å². The summed E-state index contributed by atoms with van der Waals surface area (Å²) in [6, 6.07) is -0.871. The molecule has 0 aliphatic heterocycles. The largest absolute Gasteiger partial charge is 0.472 e. The van der Waals surface area contributed by atoms with Crippen LogP contribution in [0.25, 0.3) is 0 Å². The number of allylic oxidation sites excluding steroid dienone is 9. The van der Waals surface area contributed by atoms with E-state index in [1.165, 1.54) is 225 Å². The zero-order valence-electron chi connectivity index (χ0n) is 49.6. The van der Waals surface area contributed by atoms with Crippen molar-refractivity contribution in [3.63, 3.8) is 0 Å². The lowest BCUT2D eigenvalue weighted by Crippen LogP contribution is -2.45. The van der Waals surface area contributed by atoms with E-state index in [4.69, 9.17) is 9.05 Å². The van der Waals surface area contributed by atoms with E-state index in [1.807, 2.05) is 27.2 Å². The molecule has 0 rings (SSSR count). The topological polar surface area (TPSA) is 105 Å². The van der Waals surface area contributed by atoms with Gasteiger partial charge in [0, 0.05) is 6.42 Å². The molecule has 0 fully saturated rings. The third kappa shape index (κ3) is 57.9. The Morgan fingerprint density at radius 1 is 0.459 bits per heavy atom. The summed E-state index contributed by atoms with van der Waals surface area (Å²) in [6.07, 6.45) is 76.4. The molecule has 434 valence electrons. The molecule has 0 bridgehead atoms.